The maximum Gasteiger partial charge on any atom is 0.291 e. The number of nitrogens with zero attached hydrogens (tertiary/aromatic N) is 2. The Labute approximate surface area is 141 Å². The third kappa shape index (κ3) is 3.73. The molecule has 0 fully saturated rings. The number of anilines is 1. The molecule has 0 spiro atoms. The summed E-state index contributed by atoms with van der Waals surface area (Å²) in [5.74, 6) is -2.89. The van der Waals surface area contributed by atoms with Crippen molar-refractivity contribution in [1.82, 2.24) is 9.55 Å². The summed E-state index contributed by atoms with van der Waals surface area (Å²) in [5, 5.41) is 2.90. The summed E-state index contributed by atoms with van der Waals surface area (Å²) in [6.45, 7) is 1.88. The van der Waals surface area contributed by atoms with Crippen LogP contribution in [-0.2, 0) is 11.3 Å². The van der Waals surface area contributed by atoms with Gasteiger partial charge < -0.3 is 9.88 Å². The zero-order valence-corrected chi connectivity index (χ0v) is 13.7. The number of halogens is 2. The van der Waals surface area contributed by atoms with E-state index in [1.807, 2.05) is 19.1 Å². The van der Waals surface area contributed by atoms with E-state index in [1.165, 1.54) is 4.57 Å². The largest absolute Gasteiger partial charge is 0.325 e. The van der Waals surface area contributed by atoms with Crippen LogP contribution in [0.5, 0.6) is 0 Å². The van der Waals surface area contributed by atoms with Gasteiger partial charge in [-0.2, -0.15) is 8.78 Å². The molecule has 3 rings (SSSR count). The average molecular weight is 347 g/mol. The summed E-state index contributed by atoms with van der Waals surface area (Å²) in [4.78, 5) is 16.5. The van der Waals surface area contributed by atoms with Crippen molar-refractivity contribution in [1.29, 1.82) is 0 Å². The van der Waals surface area contributed by atoms with Gasteiger partial charge in [0.25, 0.3) is 5.76 Å². The first kappa shape index (κ1) is 16.4. The normalized spacial score (nSPS) is 11.2. The molecule has 0 aliphatic carbocycles. The minimum Gasteiger partial charge on any atom is -0.325 e. The fraction of sp³-hybridized carbons (Fsp3) is 0.176. The van der Waals surface area contributed by atoms with E-state index in [2.05, 4.69) is 10.3 Å². The van der Waals surface area contributed by atoms with Gasteiger partial charge in [0.2, 0.25) is 5.91 Å². The van der Waals surface area contributed by atoms with Crippen LogP contribution in [0.1, 0.15) is 5.56 Å². The molecule has 3 aromatic rings. The highest BCUT2D eigenvalue weighted by Crippen LogP contribution is 2.28. The number of amides is 1. The van der Waals surface area contributed by atoms with Gasteiger partial charge in [0.05, 0.1) is 11.0 Å². The Balaban J connectivity index is 1.85. The van der Waals surface area contributed by atoms with E-state index in [0.717, 1.165) is 5.56 Å². The van der Waals surface area contributed by atoms with Crippen molar-refractivity contribution in [2.24, 2.45) is 0 Å². The number of nitrogens with one attached hydrogen (secondary N) is 1. The highest BCUT2D eigenvalue weighted by molar-refractivity contribution is 7.99. The molecular formula is C17H15F2N3OS. The molecule has 24 heavy (non-hydrogen) atoms. The number of rotatable bonds is 5. The van der Waals surface area contributed by atoms with Crippen LogP contribution in [0.3, 0.4) is 0 Å². The Morgan fingerprint density at radius 1 is 1.21 bits per heavy atom. The first-order chi connectivity index (χ1) is 11.5. The summed E-state index contributed by atoms with van der Waals surface area (Å²) in [6.07, 6.45) is 0. The number of hydrogen-bond acceptors (Lipinski definition) is 3. The molecule has 1 aromatic heterocycles. The smallest absolute Gasteiger partial charge is 0.291 e. The fourth-order valence-electron chi connectivity index (χ4n) is 2.36. The van der Waals surface area contributed by atoms with Crippen molar-refractivity contribution >= 4 is 34.4 Å². The van der Waals surface area contributed by atoms with Crippen LogP contribution in [0.2, 0.25) is 0 Å². The number of hydrogen-bond donors (Lipinski definition) is 1. The van der Waals surface area contributed by atoms with E-state index in [9.17, 15) is 13.6 Å². The molecule has 0 atom stereocenters. The number of alkyl halides is 2. The summed E-state index contributed by atoms with van der Waals surface area (Å²) < 4.78 is 27.0. The van der Waals surface area contributed by atoms with Gasteiger partial charge in [0, 0.05) is 5.69 Å². The van der Waals surface area contributed by atoms with E-state index >= 15 is 0 Å². The van der Waals surface area contributed by atoms with Crippen LogP contribution in [0.4, 0.5) is 14.5 Å². The van der Waals surface area contributed by atoms with E-state index in [0.29, 0.717) is 28.5 Å². The number of aryl methyl sites for hydroxylation is 1. The lowest BCUT2D eigenvalue weighted by atomic mass is 10.2. The van der Waals surface area contributed by atoms with Crippen LogP contribution in [0, 0.1) is 6.92 Å². The summed E-state index contributed by atoms with van der Waals surface area (Å²) >= 11 is 0.340. The van der Waals surface area contributed by atoms with Crippen molar-refractivity contribution in [2.75, 3.05) is 5.32 Å². The monoisotopic (exact) mass is 347 g/mol. The third-order valence-corrected chi connectivity index (χ3v) is 4.15. The molecule has 4 nitrogen and oxygen atoms in total. The molecule has 0 radical (unpaired) electrons. The van der Waals surface area contributed by atoms with Crippen molar-refractivity contribution < 1.29 is 13.6 Å². The molecule has 1 amide bonds. The third-order valence-electron chi connectivity index (χ3n) is 3.45. The maximum atomic E-state index is 12.8. The maximum absolute atomic E-state index is 12.8. The molecule has 0 saturated carbocycles. The molecule has 0 saturated heterocycles. The second-order valence-electron chi connectivity index (χ2n) is 5.26. The van der Waals surface area contributed by atoms with Crippen LogP contribution >= 0.6 is 11.8 Å². The Kier molecular flexibility index (Phi) is 4.80. The van der Waals surface area contributed by atoms with Crippen molar-refractivity contribution in [3.8, 4) is 0 Å². The van der Waals surface area contributed by atoms with Gasteiger partial charge in [-0.05, 0) is 43.0 Å². The number of fused-ring (bicyclic) bond motifs is 1. The van der Waals surface area contributed by atoms with Crippen LogP contribution in [0.15, 0.2) is 53.7 Å². The molecule has 1 N–H and O–H groups in total. The Bertz CT molecular complexity index is 862. The van der Waals surface area contributed by atoms with E-state index in [4.69, 9.17) is 0 Å². The molecule has 0 aliphatic heterocycles. The number of imidazole rings is 1. The van der Waals surface area contributed by atoms with Gasteiger partial charge in [-0.15, -0.1) is 0 Å². The highest BCUT2D eigenvalue weighted by atomic mass is 32.2. The van der Waals surface area contributed by atoms with E-state index in [1.54, 1.807) is 36.4 Å². The SMILES string of the molecule is Cc1ccc(NC(=O)Cn2c(SC(F)F)nc3ccccc32)cc1. The van der Waals surface area contributed by atoms with Crippen LogP contribution < -0.4 is 5.32 Å². The first-order valence-corrected chi connectivity index (χ1v) is 8.17. The van der Waals surface area contributed by atoms with Crippen molar-refractivity contribution in [3.05, 3.63) is 54.1 Å². The Morgan fingerprint density at radius 3 is 2.62 bits per heavy atom. The topological polar surface area (TPSA) is 46.9 Å². The van der Waals surface area contributed by atoms with Gasteiger partial charge in [-0.3, -0.25) is 4.79 Å². The molecule has 7 heteroatoms. The minimum atomic E-state index is -2.60. The zero-order valence-electron chi connectivity index (χ0n) is 12.9. The number of thioether (sulfide) groups is 1. The number of para-hydroxylation sites is 2. The summed E-state index contributed by atoms with van der Waals surface area (Å²) in [7, 11) is 0. The number of carbonyl (C=O) groups is 1. The molecule has 2 aromatic carbocycles. The average Bonchev–Trinajstić information content (AvgIpc) is 2.86. The van der Waals surface area contributed by atoms with Gasteiger partial charge in [0.1, 0.15) is 6.54 Å². The lowest BCUT2D eigenvalue weighted by molar-refractivity contribution is -0.116. The number of benzene rings is 2. The molecule has 0 bridgehead atoms. The summed E-state index contributed by atoms with van der Waals surface area (Å²) in [6, 6.07) is 14.4. The van der Waals surface area contributed by atoms with Crippen molar-refractivity contribution in [3.63, 3.8) is 0 Å². The van der Waals surface area contributed by atoms with Gasteiger partial charge in [-0.1, -0.05) is 29.8 Å². The standard InChI is InChI=1S/C17H15F2N3OS/c1-11-6-8-12(9-7-11)20-15(23)10-22-14-5-3-2-4-13(14)21-17(22)24-16(18)19/h2-9,16H,10H2,1H3,(H,20,23). The number of aromatic nitrogens is 2. The quantitative estimate of drug-likeness (QED) is 0.700. The summed E-state index contributed by atoms with van der Waals surface area (Å²) in [5.41, 5.74) is 2.99. The molecular weight excluding hydrogens is 332 g/mol. The molecule has 1 heterocycles. The lowest BCUT2D eigenvalue weighted by Gasteiger charge is -2.09. The second kappa shape index (κ2) is 7.00. The van der Waals surface area contributed by atoms with Crippen LogP contribution in [-0.4, -0.2) is 21.2 Å². The highest BCUT2D eigenvalue weighted by Gasteiger charge is 2.17. The fourth-order valence-corrected chi connectivity index (χ4v) is 2.96. The predicted molar refractivity (Wildman–Crippen MR) is 91.4 cm³/mol. The molecule has 0 unspecified atom stereocenters. The van der Waals surface area contributed by atoms with Crippen LogP contribution in [0.25, 0.3) is 11.0 Å². The van der Waals surface area contributed by atoms with Crippen molar-refractivity contribution in [2.45, 2.75) is 24.4 Å². The van der Waals surface area contributed by atoms with Gasteiger partial charge in [-0.25, -0.2) is 4.98 Å². The van der Waals surface area contributed by atoms with Gasteiger partial charge in [0.15, 0.2) is 5.16 Å². The van der Waals surface area contributed by atoms with E-state index in [-0.39, 0.29) is 17.6 Å². The molecule has 124 valence electrons. The van der Waals surface area contributed by atoms with E-state index < -0.39 is 5.76 Å². The Morgan fingerprint density at radius 2 is 1.92 bits per heavy atom. The first-order valence-electron chi connectivity index (χ1n) is 7.29. The Hall–Kier alpha value is -2.41. The lowest BCUT2D eigenvalue weighted by Crippen LogP contribution is -2.19. The second-order valence-corrected chi connectivity index (χ2v) is 6.22. The zero-order chi connectivity index (χ0) is 17.1. The molecule has 0 aliphatic rings. The number of carbonyl (C=O) groups excluding carboxylic acids is 1. The minimum absolute atomic E-state index is 0.0799. The van der Waals surface area contributed by atoms with Gasteiger partial charge >= 0.3 is 0 Å². The predicted octanol–water partition coefficient (Wildman–Crippen LogP) is 4.30.